The van der Waals surface area contributed by atoms with Crippen molar-refractivity contribution in [2.24, 2.45) is 5.92 Å². The first-order valence-corrected chi connectivity index (χ1v) is 5.73. The predicted octanol–water partition coefficient (Wildman–Crippen LogP) is 2.29. The molecule has 2 N–H and O–H groups in total. The minimum Gasteiger partial charge on any atom is -0.508 e. The summed E-state index contributed by atoms with van der Waals surface area (Å²) in [6.07, 6.45) is 0. The van der Waals surface area contributed by atoms with Gasteiger partial charge < -0.3 is 15.2 Å². The van der Waals surface area contributed by atoms with Gasteiger partial charge in [-0.3, -0.25) is 0 Å². The van der Waals surface area contributed by atoms with E-state index in [9.17, 15) is 9.50 Å². The molecule has 1 unspecified atom stereocenters. The van der Waals surface area contributed by atoms with Crippen LogP contribution in [0.1, 0.15) is 19.4 Å². The van der Waals surface area contributed by atoms with Gasteiger partial charge in [-0.1, -0.05) is 13.8 Å². The van der Waals surface area contributed by atoms with Crippen LogP contribution in [0.4, 0.5) is 4.39 Å². The van der Waals surface area contributed by atoms with Crippen molar-refractivity contribution in [3.05, 3.63) is 29.6 Å². The van der Waals surface area contributed by atoms with Crippen molar-refractivity contribution in [3.63, 3.8) is 0 Å². The smallest absolute Gasteiger partial charge is 0.127 e. The molecule has 0 heterocycles. The minimum absolute atomic E-state index is 0.0466. The van der Waals surface area contributed by atoms with Crippen LogP contribution in [0.15, 0.2) is 18.2 Å². The molecule has 1 aromatic rings. The first kappa shape index (κ1) is 13.9. The van der Waals surface area contributed by atoms with Gasteiger partial charge in [-0.05, 0) is 23.6 Å². The van der Waals surface area contributed by atoms with Crippen LogP contribution in [0, 0.1) is 11.7 Å². The average Bonchev–Trinajstić information content (AvgIpc) is 2.22. The van der Waals surface area contributed by atoms with Crippen molar-refractivity contribution in [3.8, 4) is 5.75 Å². The lowest BCUT2D eigenvalue weighted by atomic mass is 10.0. The third-order valence-corrected chi connectivity index (χ3v) is 2.66. The summed E-state index contributed by atoms with van der Waals surface area (Å²) in [5, 5.41) is 12.6. The number of hydrogen-bond donors (Lipinski definition) is 2. The van der Waals surface area contributed by atoms with E-state index in [4.69, 9.17) is 4.74 Å². The van der Waals surface area contributed by atoms with Crippen LogP contribution in [0.3, 0.4) is 0 Å². The van der Waals surface area contributed by atoms with Gasteiger partial charge in [-0.2, -0.15) is 0 Å². The Labute approximate surface area is 102 Å². The molecule has 0 amide bonds. The topological polar surface area (TPSA) is 41.5 Å². The summed E-state index contributed by atoms with van der Waals surface area (Å²) in [7, 11) is 1.66. The number of halogens is 1. The summed E-state index contributed by atoms with van der Waals surface area (Å²) in [5.74, 6) is -0.0404. The molecule has 1 aromatic carbocycles. The van der Waals surface area contributed by atoms with Crippen LogP contribution >= 0.6 is 0 Å². The van der Waals surface area contributed by atoms with E-state index >= 15 is 0 Å². The lowest BCUT2D eigenvalue weighted by molar-refractivity contribution is 0.146. The second-order valence-corrected chi connectivity index (χ2v) is 4.50. The highest BCUT2D eigenvalue weighted by Crippen LogP contribution is 2.15. The molecule has 96 valence electrons. The van der Waals surface area contributed by atoms with Crippen molar-refractivity contribution < 1.29 is 14.2 Å². The van der Waals surface area contributed by atoms with E-state index in [-0.39, 0.29) is 11.8 Å². The van der Waals surface area contributed by atoms with Gasteiger partial charge in [-0.25, -0.2) is 4.39 Å². The van der Waals surface area contributed by atoms with Gasteiger partial charge in [0.05, 0.1) is 6.61 Å². The van der Waals surface area contributed by atoms with Crippen LogP contribution < -0.4 is 5.32 Å². The van der Waals surface area contributed by atoms with Crippen molar-refractivity contribution in [1.82, 2.24) is 5.32 Å². The van der Waals surface area contributed by atoms with E-state index in [2.05, 4.69) is 19.2 Å². The number of ether oxygens (including phenoxy) is 1. The molecule has 0 spiro atoms. The molecule has 0 aliphatic heterocycles. The second-order valence-electron chi connectivity index (χ2n) is 4.50. The summed E-state index contributed by atoms with van der Waals surface area (Å²) < 4.78 is 18.2. The average molecular weight is 241 g/mol. The molecule has 1 atom stereocenters. The molecule has 1 rings (SSSR count). The number of aromatic hydroxyl groups is 1. The van der Waals surface area contributed by atoms with Crippen molar-refractivity contribution in [1.29, 1.82) is 0 Å². The zero-order valence-electron chi connectivity index (χ0n) is 10.5. The molecule has 0 fully saturated rings. The van der Waals surface area contributed by atoms with Crippen molar-refractivity contribution >= 4 is 0 Å². The minimum atomic E-state index is -0.422. The SMILES string of the molecule is COCC(NCc1cc(O)cc(F)c1)C(C)C. The van der Waals surface area contributed by atoms with Crippen LogP contribution in [0.5, 0.6) is 5.75 Å². The number of phenolic OH excluding ortho intramolecular Hbond substituents is 1. The van der Waals surface area contributed by atoms with Crippen LogP contribution in [-0.4, -0.2) is 24.9 Å². The van der Waals surface area contributed by atoms with Crippen molar-refractivity contribution in [2.45, 2.75) is 26.4 Å². The van der Waals surface area contributed by atoms with Crippen LogP contribution in [0.25, 0.3) is 0 Å². The van der Waals surface area contributed by atoms with Gasteiger partial charge >= 0.3 is 0 Å². The van der Waals surface area contributed by atoms with E-state index in [1.165, 1.54) is 6.07 Å². The molecule has 0 saturated heterocycles. The quantitative estimate of drug-likeness (QED) is 0.803. The Bertz CT molecular complexity index is 335. The lowest BCUT2D eigenvalue weighted by Gasteiger charge is -2.21. The number of hydrogen-bond acceptors (Lipinski definition) is 3. The number of rotatable bonds is 6. The largest absolute Gasteiger partial charge is 0.508 e. The van der Waals surface area contributed by atoms with E-state index in [0.29, 0.717) is 19.1 Å². The standard InChI is InChI=1S/C13H20FNO2/c1-9(2)13(8-17-3)15-7-10-4-11(14)6-12(16)5-10/h4-6,9,13,15-16H,7-8H2,1-3H3. The van der Waals surface area contributed by atoms with E-state index in [0.717, 1.165) is 11.6 Å². The first-order chi connectivity index (χ1) is 8.02. The monoisotopic (exact) mass is 241 g/mol. The predicted molar refractivity (Wildman–Crippen MR) is 65.4 cm³/mol. The maximum Gasteiger partial charge on any atom is 0.127 e. The molecular weight excluding hydrogens is 221 g/mol. The molecule has 0 radical (unpaired) electrons. The van der Waals surface area contributed by atoms with Gasteiger partial charge in [0.15, 0.2) is 0 Å². The Morgan fingerprint density at radius 2 is 2.06 bits per heavy atom. The molecule has 17 heavy (non-hydrogen) atoms. The fourth-order valence-electron chi connectivity index (χ4n) is 1.65. The summed E-state index contributed by atoms with van der Waals surface area (Å²) in [5.41, 5.74) is 0.726. The molecule has 4 heteroatoms. The molecule has 0 saturated carbocycles. The number of methoxy groups -OCH3 is 1. The Hall–Kier alpha value is -1.13. The third-order valence-electron chi connectivity index (χ3n) is 2.66. The Morgan fingerprint density at radius 3 is 2.59 bits per heavy atom. The summed E-state index contributed by atoms with van der Waals surface area (Å²) >= 11 is 0. The molecule has 0 bridgehead atoms. The zero-order chi connectivity index (χ0) is 12.8. The second kappa shape index (κ2) is 6.57. The Balaban J connectivity index is 2.58. The maximum atomic E-state index is 13.0. The summed E-state index contributed by atoms with van der Waals surface area (Å²) in [4.78, 5) is 0. The fourth-order valence-corrected chi connectivity index (χ4v) is 1.65. The number of benzene rings is 1. The molecule has 0 aromatic heterocycles. The highest BCUT2D eigenvalue weighted by Gasteiger charge is 2.12. The van der Waals surface area contributed by atoms with Gasteiger partial charge in [0.1, 0.15) is 11.6 Å². The summed E-state index contributed by atoms with van der Waals surface area (Å²) in [6, 6.07) is 4.28. The highest BCUT2D eigenvalue weighted by atomic mass is 19.1. The van der Waals surface area contributed by atoms with Crippen molar-refractivity contribution in [2.75, 3.05) is 13.7 Å². The zero-order valence-corrected chi connectivity index (χ0v) is 10.5. The Morgan fingerprint density at radius 1 is 1.35 bits per heavy atom. The first-order valence-electron chi connectivity index (χ1n) is 5.73. The van der Waals surface area contributed by atoms with Gasteiger partial charge in [-0.15, -0.1) is 0 Å². The van der Waals surface area contributed by atoms with Crippen LogP contribution in [-0.2, 0) is 11.3 Å². The Kier molecular flexibility index (Phi) is 5.38. The number of phenols is 1. The summed E-state index contributed by atoms with van der Waals surface area (Å²) in [6.45, 7) is 5.32. The highest BCUT2D eigenvalue weighted by molar-refractivity contribution is 5.28. The van der Waals surface area contributed by atoms with Gasteiger partial charge in [0.2, 0.25) is 0 Å². The van der Waals surface area contributed by atoms with E-state index in [1.807, 2.05) is 0 Å². The molecule has 0 aliphatic carbocycles. The normalized spacial score (nSPS) is 13.0. The van der Waals surface area contributed by atoms with E-state index in [1.54, 1.807) is 13.2 Å². The third kappa shape index (κ3) is 4.71. The lowest BCUT2D eigenvalue weighted by Crippen LogP contribution is -2.37. The molecule has 0 aliphatic rings. The molecule has 3 nitrogen and oxygen atoms in total. The maximum absolute atomic E-state index is 13.0. The van der Waals surface area contributed by atoms with E-state index < -0.39 is 5.82 Å². The van der Waals surface area contributed by atoms with Crippen LogP contribution in [0.2, 0.25) is 0 Å². The number of nitrogens with one attached hydrogen (secondary N) is 1. The molecular formula is C13H20FNO2. The van der Waals surface area contributed by atoms with Gasteiger partial charge in [0.25, 0.3) is 0 Å². The van der Waals surface area contributed by atoms with Gasteiger partial charge in [0, 0.05) is 25.8 Å². The fraction of sp³-hybridized carbons (Fsp3) is 0.538.